The van der Waals surface area contributed by atoms with Crippen LogP contribution >= 0.6 is 11.6 Å². The van der Waals surface area contributed by atoms with E-state index in [-0.39, 0.29) is 0 Å². The number of imidazole rings is 1. The number of aromatic nitrogens is 2. The molecule has 118 valence electrons. The maximum absolute atomic E-state index is 6.14. The molecule has 0 amide bonds. The molecule has 0 N–H and O–H groups in total. The van der Waals surface area contributed by atoms with Crippen molar-refractivity contribution in [2.24, 2.45) is 0 Å². The smallest absolute Gasteiger partial charge is 0.0945 e. The van der Waals surface area contributed by atoms with E-state index in [1.54, 1.807) is 0 Å². The Morgan fingerprint density at radius 3 is 2.68 bits per heavy atom. The Morgan fingerprint density at radius 2 is 1.95 bits per heavy atom. The van der Waals surface area contributed by atoms with Crippen LogP contribution in [0.1, 0.15) is 12.0 Å². The van der Waals surface area contributed by atoms with Gasteiger partial charge in [-0.25, -0.2) is 4.98 Å². The van der Waals surface area contributed by atoms with Gasteiger partial charge in [0.1, 0.15) is 0 Å². The lowest BCUT2D eigenvalue weighted by molar-refractivity contribution is 0.250. The molecule has 0 aliphatic carbocycles. The first-order valence-electron chi connectivity index (χ1n) is 7.91. The van der Waals surface area contributed by atoms with E-state index in [9.17, 15) is 0 Å². The first-order valence-corrected chi connectivity index (χ1v) is 8.29. The molecule has 0 radical (unpaired) electrons. The van der Waals surface area contributed by atoms with Crippen LogP contribution in [0.3, 0.4) is 0 Å². The van der Waals surface area contributed by atoms with Gasteiger partial charge in [-0.1, -0.05) is 17.7 Å². The number of piperazine rings is 1. The van der Waals surface area contributed by atoms with Crippen molar-refractivity contribution < 1.29 is 0 Å². The summed E-state index contributed by atoms with van der Waals surface area (Å²) in [6.45, 7) is 8.75. The number of halogens is 1. The average molecular weight is 319 g/mol. The molecule has 1 aromatic heterocycles. The Labute approximate surface area is 137 Å². The lowest BCUT2D eigenvalue weighted by Gasteiger charge is -2.37. The normalized spacial score (nSPS) is 16.2. The monoisotopic (exact) mass is 318 g/mol. The second-order valence-corrected chi connectivity index (χ2v) is 6.35. The molecule has 3 rings (SSSR count). The van der Waals surface area contributed by atoms with Gasteiger partial charge < -0.3 is 9.47 Å². The summed E-state index contributed by atoms with van der Waals surface area (Å²) in [6.07, 6.45) is 6.93. The quantitative estimate of drug-likeness (QED) is 0.847. The molecular weight excluding hydrogens is 296 g/mol. The number of aryl methyl sites for hydroxylation is 2. The zero-order chi connectivity index (χ0) is 15.4. The summed E-state index contributed by atoms with van der Waals surface area (Å²) < 4.78 is 2.14. The van der Waals surface area contributed by atoms with Crippen molar-refractivity contribution in [1.82, 2.24) is 14.5 Å². The summed E-state index contributed by atoms with van der Waals surface area (Å²) in [7, 11) is 0. The van der Waals surface area contributed by atoms with Crippen LogP contribution in [0.4, 0.5) is 5.69 Å². The minimum Gasteiger partial charge on any atom is -0.369 e. The van der Waals surface area contributed by atoms with Crippen LogP contribution in [0.5, 0.6) is 0 Å². The second kappa shape index (κ2) is 7.16. The van der Waals surface area contributed by atoms with Gasteiger partial charge in [-0.3, -0.25) is 4.90 Å². The maximum atomic E-state index is 6.14. The summed E-state index contributed by atoms with van der Waals surface area (Å²) in [6, 6.07) is 6.16. The predicted octanol–water partition coefficient (Wildman–Crippen LogP) is 3.06. The first kappa shape index (κ1) is 15.4. The summed E-state index contributed by atoms with van der Waals surface area (Å²) in [4.78, 5) is 9.08. The van der Waals surface area contributed by atoms with Gasteiger partial charge >= 0.3 is 0 Å². The third-order valence-corrected chi connectivity index (χ3v) is 4.57. The van der Waals surface area contributed by atoms with Gasteiger partial charge in [-0.05, 0) is 37.6 Å². The predicted molar refractivity (Wildman–Crippen MR) is 91.7 cm³/mol. The van der Waals surface area contributed by atoms with Gasteiger partial charge in [0.15, 0.2) is 0 Å². The second-order valence-electron chi connectivity index (χ2n) is 5.91. The van der Waals surface area contributed by atoms with E-state index < -0.39 is 0 Å². The molecule has 2 aromatic rings. The molecule has 0 bridgehead atoms. The van der Waals surface area contributed by atoms with Gasteiger partial charge in [0.25, 0.3) is 0 Å². The minimum absolute atomic E-state index is 0.823. The zero-order valence-corrected chi connectivity index (χ0v) is 13.8. The molecule has 0 saturated carbocycles. The van der Waals surface area contributed by atoms with E-state index >= 15 is 0 Å². The fourth-order valence-electron chi connectivity index (χ4n) is 3.03. The number of nitrogens with zero attached hydrogens (tertiary/aromatic N) is 4. The van der Waals surface area contributed by atoms with Crippen molar-refractivity contribution in [1.29, 1.82) is 0 Å². The lowest BCUT2D eigenvalue weighted by Crippen LogP contribution is -2.47. The fraction of sp³-hybridized carbons (Fsp3) is 0.471. The third-order valence-electron chi connectivity index (χ3n) is 4.33. The Hall–Kier alpha value is -1.52. The van der Waals surface area contributed by atoms with Crippen LogP contribution < -0.4 is 4.90 Å². The van der Waals surface area contributed by atoms with Crippen LogP contribution in [0.25, 0.3) is 0 Å². The van der Waals surface area contributed by atoms with E-state index in [1.807, 2.05) is 24.8 Å². The Bertz CT molecular complexity index is 589. The Balaban J connectivity index is 1.47. The average Bonchev–Trinajstić information content (AvgIpc) is 3.04. The number of rotatable bonds is 5. The number of hydrogen-bond donors (Lipinski definition) is 0. The van der Waals surface area contributed by atoms with Gasteiger partial charge in [0.2, 0.25) is 0 Å². The molecule has 22 heavy (non-hydrogen) atoms. The summed E-state index contributed by atoms with van der Waals surface area (Å²) in [5.41, 5.74) is 2.59. The third kappa shape index (κ3) is 3.81. The number of anilines is 1. The molecule has 5 heteroatoms. The molecule has 1 aliphatic heterocycles. The maximum Gasteiger partial charge on any atom is 0.0945 e. The topological polar surface area (TPSA) is 24.3 Å². The molecule has 0 atom stereocenters. The SMILES string of the molecule is Cc1ccc(Cl)cc1N1CCN(CCCn2ccnc2)CC1. The molecule has 0 spiro atoms. The van der Waals surface area contributed by atoms with Gasteiger partial charge in [0, 0.05) is 55.8 Å². The van der Waals surface area contributed by atoms with E-state index in [0.29, 0.717) is 0 Å². The Kier molecular flexibility index (Phi) is 5.01. The first-order chi connectivity index (χ1) is 10.7. The van der Waals surface area contributed by atoms with Crippen LogP contribution in [0, 0.1) is 6.92 Å². The highest BCUT2D eigenvalue weighted by Gasteiger charge is 2.18. The van der Waals surface area contributed by atoms with Crippen molar-refractivity contribution in [3.63, 3.8) is 0 Å². The van der Waals surface area contributed by atoms with Crippen LogP contribution in [-0.4, -0.2) is 47.2 Å². The van der Waals surface area contributed by atoms with E-state index in [1.165, 1.54) is 17.7 Å². The highest BCUT2D eigenvalue weighted by molar-refractivity contribution is 6.30. The number of benzene rings is 1. The van der Waals surface area contributed by atoms with Crippen molar-refractivity contribution in [2.45, 2.75) is 19.9 Å². The van der Waals surface area contributed by atoms with E-state index in [2.05, 4.69) is 38.4 Å². The summed E-state index contributed by atoms with van der Waals surface area (Å²) in [5.74, 6) is 0. The van der Waals surface area contributed by atoms with E-state index in [0.717, 1.165) is 44.3 Å². The van der Waals surface area contributed by atoms with Crippen LogP contribution in [-0.2, 0) is 6.54 Å². The fourth-order valence-corrected chi connectivity index (χ4v) is 3.20. The molecule has 4 nitrogen and oxygen atoms in total. The molecular formula is C17H23ClN4. The van der Waals surface area contributed by atoms with Crippen molar-refractivity contribution in [3.8, 4) is 0 Å². The van der Waals surface area contributed by atoms with Crippen molar-refractivity contribution >= 4 is 17.3 Å². The zero-order valence-electron chi connectivity index (χ0n) is 13.1. The largest absolute Gasteiger partial charge is 0.369 e. The van der Waals surface area contributed by atoms with Crippen LogP contribution in [0.15, 0.2) is 36.9 Å². The molecule has 0 unspecified atom stereocenters. The van der Waals surface area contributed by atoms with Crippen molar-refractivity contribution in [2.75, 3.05) is 37.6 Å². The lowest BCUT2D eigenvalue weighted by atomic mass is 10.1. The molecule has 1 aliphatic rings. The highest BCUT2D eigenvalue weighted by atomic mass is 35.5. The van der Waals surface area contributed by atoms with Gasteiger partial charge in [0.05, 0.1) is 6.33 Å². The molecule has 1 aromatic carbocycles. The van der Waals surface area contributed by atoms with Gasteiger partial charge in [-0.2, -0.15) is 0 Å². The Morgan fingerprint density at radius 1 is 1.14 bits per heavy atom. The highest BCUT2D eigenvalue weighted by Crippen LogP contribution is 2.25. The van der Waals surface area contributed by atoms with Crippen molar-refractivity contribution in [3.05, 3.63) is 47.5 Å². The van der Waals surface area contributed by atoms with Gasteiger partial charge in [-0.15, -0.1) is 0 Å². The summed E-state index contributed by atoms with van der Waals surface area (Å²) >= 11 is 6.14. The molecule has 1 fully saturated rings. The van der Waals surface area contributed by atoms with E-state index in [4.69, 9.17) is 11.6 Å². The standard InChI is InChI=1S/C17H23ClN4/c1-15-3-4-16(18)13-17(15)22-11-9-20(10-12-22)6-2-7-21-8-5-19-14-21/h3-5,8,13-14H,2,6-7,9-12H2,1H3. The number of hydrogen-bond acceptors (Lipinski definition) is 3. The molecule has 2 heterocycles. The van der Waals surface area contributed by atoms with Crippen LogP contribution in [0.2, 0.25) is 5.02 Å². The molecule has 1 saturated heterocycles. The summed E-state index contributed by atoms with van der Waals surface area (Å²) in [5, 5.41) is 0.823. The minimum atomic E-state index is 0.823.